The maximum Gasteiger partial charge on any atom is 0.119 e. The summed E-state index contributed by atoms with van der Waals surface area (Å²) in [5.74, 6) is 0.983. The second-order valence-electron chi connectivity index (χ2n) is 4.84. The van der Waals surface area contributed by atoms with Gasteiger partial charge < -0.3 is 10.8 Å². The van der Waals surface area contributed by atoms with E-state index in [1.54, 1.807) is 0 Å². The number of nitrogens with two attached hydrogens (primary N) is 1. The average Bonchev–Trinajstić information content (AvgIpc) is 2.27. The molecule has 2 nitrogen and oxygen atoms in total. The third-order valence-corrected chi connectivity index (χ3v) is 4.00. The molecule has 3 rings (SSSR count). The van der Waals surface area contributed by atoms with E-state index in [0.29, 0.717) is 17.7 Å². The Labute approximate surface area is 90.1 Å². The molecule has 15 heavy (non-hydrogen) atoms. The van der Waals surface area contributed by atoms with Gasteiger partial charge in [-0.1, -0.05) is 6.07 Å². The summed E-state index contributed by atoms with van der Waals surface area (Å²) in [6.45, 7) is 0. The van der Waals surface area contributed by atoms with Gasteiger partial charge in [0, 0.05) is 6.04 Å². The summed E-state index contributed by atoms with van der Waals surface area (Å²) in [5.41, 5.74) is 10.2. The lowest BCUT2D eigenvalue weighted by Gasteiger charge is -2.36. The van der Waals surface area contributed by atoms with E-state index in [2.05, 4.69) is 6.07 Å². The Hall–Kier alpha value is -1.02. The zero-order valence-corrected chi connectivity index (χ0v) is 8.87. The first-order valence-corrected chi connectivity index (χ1v) is 5.86. The minimum atomic E-state index is 0.304. The largest absolute Gasteiger partial charge is 0.508 e. The summed E-state index contributed by atoms with van der Waals surface area (Å²) < 4.78 is 0. The fraction of sp³-hybridized carbons (Fsp3) is 0.538. The van der Waals surface area contributed by atoms with Crippen LogP contribution in [0.4, 0.5) is 0 Å². The zero-order chi connectivity index (χ0) is 10.4. The van der Waals surface area contributed by atoms with E-state index in [1.165, 1.54) is 29.5 Å². The number of benzene rings is 1. The molecule has 2 aliphatic carbocycles. The molecule has 0 saturated carbocycles. The first-order valence-electron chi connectivity index (χ1n) is 5.86. The van der Waals surface area contributed by atoms with Crippen LogP contribution in [0.5, 0.6) is 5.75 Å². The molecule has 0 saturated heterocycles. The van der Waals surface area contributed by atoms with E-state index < -0.39 is 0 Å². The molecule has 2 aliphatic rings. The second-order valence-corrected chi connectivity index (χ2v) is 4.84. The first kappa shape index (κ1) is 9.22. The van der Waals surface area contributed by atoms with Crippen molar-refractivity contribution < 1.29 is 5.11 Å². The summed E-state index contributed by atoms with van der Waals surface area (Å²) in [4.78, 5) is 0. The zero-order valence-electron chi connectivity index (χ0n) is 8.87. The van der Waals surface area contributed by atoms with Gasteiger partial charge in [-0.25, -0.2) is 0 Å². The number of aryl methyl sites for hydroxylation is 1. The highest BCUT2D eigenvalue weighted by Crippen LogP contribution is 2.43. The van der Waals surface area contributed by atoms with Crippen molar-refractivity contribution in [1.29, 1.82) is 0 Å². The molecule has 80 valence electrons. The van der Waals surface area contributed by atoms with Crippen molar-refractivity contribution in [3.05, 3.63) is 28.8 Å². The Morgan fingerprint density at radius 2 is 2.07 bits per heavy atom. The van der Waals surface area contributed by atoms with Crippen LogP contribution in [-0.4, -0.2) is 11.1 Å². The molecule has 0 aromatic heterocycles. The fourth-order valence-corrected chi connectivity index (χ4v) is 3.24. The van der Waals surface area contributed by atoms with Crippen LogP contribution in [0.3, 0.4) is 0 Å². The van der Waals surface area contributed by atoms with Crippen molar-refractivity contribution in [2.45, 2.75) is 44.1 Å². The second kappa shape index (κ2) is 3.24. The lowest BCUT2D eigenvalue weighted by Crippen LogP contribution is -2.35. The van der Waals surface area contributed by atoms with Crippen LogP contribution in [-0.2, 0) is 12.8 Å². The van der Waals surface area contributed by atoms with Crippen LogP contribution in [0.2, 0.25) is 0 Å². The third-order valence-electron chi connectivity index (χ3n) is 4.00. The molecule has 3 N–H and O–H groups in total. The average molecular weight is 203 g/mol. The van der Waals surface area contributed by atoms with Crippen LogP contribution in [0.15, 0.2) is 12.1 Å². The van der Waals surface area contributed by atoms with Gasteiger partial charge >= 0.3 is 0 Å². The number of hydrogen-bond donors (Lipinski definition) is 2. The van der Waals surface area contributed by atoms with Crippen LogP contribution < -0.4 is 5.73 Å². The monoisotopic (exact) mass is 203 g/mol. The number of phenolic OH excluding ortho intramolecular Hbond substituents is 1. The van der Waals surface area contributed by atoms with E-state index in [-0.39, 0.29) is 0 Å². The highest BCUT2D eigenvalue weighted by atomic mass is 16.3. The quantitative estimate of drug-likeness (QED) is 0.678. The van der Waals surface area contributed by atoms with Crippen molar-refractivity contribution in [1.82, 2.24) is 0 Å². The summed E-state index contributed by atoms with van der Waals surface area (Å²) >= 11 is 0. The molecular weight excluding hydrogens is 186 g/mol. The molecule has 0 fully saturated rings. The number of rotatable bonds is 0. The normalized spacial score (nSPS) is 28.6. The minimum absolute atomic E-state index is 0.304. The first-order chi connectivity index (χ1) is 7.27. The molecule has 2 unspecified atom stereocenters. The molecule has 2 heteroatoms. The van der Waals surface area contributed by atoms with E-state index in [0.717, 1.165) is 19.3 Å². The number of hydrogen-bond acceptors (Lipinski definition) is 2. The van der Waals surface area contributed by atoms with Gasteiger partial charge in [0.2, 0.25) is 0 Å². The van der Waals surface area contributed by atoms with E-state index >= 15 is 0 Å². The number of phenols is 1. The SMILES string of the molecule is NC1CCc2ccc(O)c3c2C1CCC3. The lowest BCUT2D eigenvalue weighted by atomic mass is 9.71. The standard InChI is InChI=1S/C13H17NO/c14-11-6-4-8-5-7-12(15)10-3-1-2-9(11)13(8)10/h5,7,9,11,15H,1-4,6,14H2. The Balaban J connectivity index is 2.20. The molecule has 0 amide bonds. The van der Waals surface area contributed by atoms with Gasteiger partial charge in [0.1, 0.15) is 5.75 Å². The minimum Gasteiger partial charge on any atom is -0.508 e. The molecule has 1 aromatic carbocycles. The molecule has 0 heterocycles. The van der Waals surface area contributed by atoms with Gasteiger partial charge in [0.15, 0.2) is 0 Å². The van der Waals surface area contributed by atoms with Gasteiger partial charge in [-0.2, -0.15) is 0 Å². The van der Waals surface area contributed by atoms with Crippen LogP contribution in [0.1, 0.15) is 41.9 Å². The molecule has 0 spiro atoms. The molecule has 0 bridgehead atoms. The van der Waals surface area contributed by atoms with Crippen LogP contribution >= 0.6 is 0 Å². The number of aromatic hydroxyl groups is 1. The topological polar surface area (TPSA) is 46.2 Å². The van der Waals surface area contributed by atoms with E-state index in [4.69, 9.17) is 5.73 Å². The highest BCUT2D eigenvalue weighted by Gasteiger charge is 2.32. The van der Waals surface area contributed by atoms with Gasteiger partial charge in [0.05, 0.1) is 0 Å². The summed E-state index contributed by atoms with van der Waals surface area (Å²) in [7, 11) is 0. The van der Waals surface area contributed by atoms with E-state index in [9.17, 15) is 5.11 Å². The molecule has 2 atom stereocenters. The predicted octanol–water partition coefficient (Wildman–Crippen LogP) is 2.09. The van der Waals surface area contributed by atoms with Gasteiger partial charge in [-0.3, -0.25) is 0 Å². The molecule has 1 aromatic rings. The van der Waals surface area contributed by atoms with Crippen molar-refractivity contribution in [3.8, 4) is 5.75 Å². The van der Waals surface area contributed by atoms with Gasteiger partial charge in [0.25, 0.3) is 0 Å². The van der Waals surface area contributed by atoms with Crippen molar-refractivity contribution >= 4 is 0 Å². The van der Waals surface area contributed by atoms with Gasteiger partial charge in [-0.15, -0.1) is 0 Å². The smallest absolute Gasteiger partial charge is 0.119 e. The predicted molar refractivity (Wildman–Crippen MR) is 60.1 cm³/mol. The lowest BCUT2D eigenvalue weighted by molar-refractivity contribution is 0.401. The molecular formula is C13H17NO. The van der Waals surface area contributed by atoms with Gasteiger partial charge in [-0.05, 0) is 60.8 Å². The maximum atomic E-state index is 9.86. The maximum absolute atomic E-state index is 9.86. The summed E-state index contributed by atoms with van der Waals surface area (Å²) in [6, 6.07) is 4.24. The Bertz CT molecular complexity index is 400. The van der Waals surface area contributed by atoms with E-state index in [1.807, 2.05) is 6.07 Å². The summed E-state index contributed by atoms with van der Waals surface area (Å²) in [6.07, 6.45) is 5.58. The van der Waals surface area contributed by atoms with Crippen molar-refractivity contribution in [3.63, 3.8) is 0 Å². The Morgan fingerprint density at radius 1 is 1.20 bits per heavy atom. The highest BCUT2D eigenvalue weighted by molar-refractivity contribution is 5.49. The van der Waals surface area contributed by atoms with Crippen molar-refractivity contribution in [2.75, 3.05) is 0 Å². The fourth-order valence-electron chi connectivity index (χ4n) is 3.24. The summed E-state index contributed by atoms with van der Waals surface area (Å²) in [5, 5.41) is 9.86. The van der Waals surface area contributed by atoms with Crippen molar-refractivity contribution in [2.24, 2.45) is 5.73 Å². The van der Waals surface area contributed by atoms with Crippen LogP contribution in [0, 0.1) is 0 Å². The Morgan fingerprint density at radius 3 is 2.93 bits per heavy atom. The third kappa shape index (κ3) is 1.28. The molecule has 0 aliphatic heterocycles. The van der Waals surface area contributed by atoms with Crippen LogP contribution in [0.25, 0.3) is 0 Å². The Kier molecular flexibility index (Phi) is 1.99. The molecule has 0 radical (unpaired) electrons.